The molecule has 0 saturated heterocycles. The number of halogens is 1. The third-order valence-electron chi connectivity index (χ3n) is 2.80. The Morgan fingerprint density at radius 3 is 2.74 bits per heavy atom. The predicted octanol–water partition coefficient (Wildman–Crippen LogP) is 0.693. The van der Waals surface area contributed by atoms with Crippen LogP contribution in [0.2, 0.25) is 0 Å². The number of carbonyl (C=O) groups is 1. The first kappa shape index (κ1) is 16.1. The number of H-pyrrole nitrogens is 1. The maximum absolute atomic E-state index is 13.1. The van der Waals surface area contributed by atoms with Crippen molar-refractivity contribution in [2.24, 2.45) is 0 Å². The van der Waals surface area contributed by atoms with E-state index in [9.17, 15) is 28.9 Å². The number of benzene rings is 1. The number of carbonyl (C=O) groups excluding carboxylic acids is 1. The Hall–Kier alpha value is -3.30. The largest absolute Gasteiger partial charge is 0.486 e. The van der Waals surface area contributed by atoms with Crippen molar-refractivity contribution in [1.82, 2.24) is 9.55 Å². The van der Waals surface area contributed by atoms with Crippen molar-refractivity contribution in [3.05, 3.63) is 67.2 Å². The van der Waals surface area contributed by atoms with E-state index in [1.165, 1.54) is 24.3 Å². The number of nitro groups is 1. The number of ether oxygens (including phenoxy) is 1. The lowest BCUT2D eigenvalue weighted by Crippen LogP contribution is -2.35. The van der Waals surface area contributed by atoms with E-state index in [1.807, 2.05) is 0 Å². The molecule has 120 valence electrons. The number of hydrogen-bond donors (Lipinski definition) is 1. The van der Waals surface area contributed by atoms with Gasteiger partial charge in [0.2, 0.25) is 11.7 Å². The van der Waals surface area contributed by atoms with Crippen LogP contribution in [0.25, 0.3) is 0 Å². The summed E-state index contributed by atoms with van der Waals surface area (Å²) in [6.07, 6.45) is 0.131. The van der Waals surface area contributed by atoms with Crippen molar-refractivity contribution in [2.45, 2.75) is 6.42 Å². The van der Waals surface area contributed by atoms with Crippen LogP contribution in [0, 0.1) is 15.9 Å². The fourth-order valence-corrected chi connectivity index (χ4v) is 1.73. The summed E-state index contributed by atoms with van der Waals surface area (Å²) >= 11 is 0. The van der Waals surface area contributed by atoms with Gasteiger partial charge in [-0.2, -0.15) is 4.39 Å². The summed E-state index contributed by atoms with van der Waals surface area (Å²) in [5.74, 6) is -2.15. The lowest BCUT2D eigenvalue weighted by molar-refractivity contribution is -0.385. The maximum Gasteiger partial charge on any atom is 0.335 e. The van der Waals surface area contributed by atoms with Gasteiger partial charge >= 0.3 is 11.4 Å². The van der Waals surface area contributed by atoms with E-state index < -0.39 is 27.9 Å². The third kappa shape index (κ3) is 3.67. The smallest absolute Gasteiger partial charge is 0.335 e. The molecule has 0 aliphatic carbocycles. The molecule has 0 amide bonds. The first-order valence-electron chi connectivity index (χ1n) is 6.31. The average molecular weight is 323 g/mol. The molecule has 9 nitrogen and oxygen atoms in total. The van der Waals surface area contributed by atoms with E-state index >= 15 is 0 Å². The summed E-state index contributed by atoms with van der Waals surface area (Å²) in [5, 5.41) is 10.8. The summed E-state index contributed by atoms with van der Waals surface area (Å²) < 4.78 is 18.6. The molecule has 1 N–H and O–H groups in total. The Balaban J connectivity index is 2.07. The number of nitrogens with one attached hydrogen (secondary N) is 1. The summed E-state index contributed by atoms with van der Waals surface area (Å²) in [6, 6.07) is 5.57. The zero-order valence-electron chi connectivity index (χ0n) is 11.5. The summed E-state index contributed by atoms with van der Waals surface area (Å²) in [6.45, 7) is -0.267. The minimum Gasteiger partial charge on any atom is -0.486 e. The van der Waals surface area contributed by atoms with Crippen LogP contribution in [-0.2, 0) is 0 Å². The zero-order valence-corrected chi connectivity index (χ0v) is 11.5. The van der Waals surface area contributed by atoms with Crippen LogP contribution in [0.5, 0.6) is 5.75 Å². The average Bonchev–Trinajstić information content (AvgIpc) is 2.51. The molecule has 0 fully saturated rings. The number of nitrogens with zero attached hydrogens (tertiary/aromatic N) is 2. The van der Waals surface area contributed by atoms with E-state index in [0.717, 1.165) is 0 Å². The molecule has 2 aromatic rings. The third-order valence-corrected chi connectivity index (χ3v) is 2.80. The highest BCUT2D eigenvalue weighted by Gasteiger charge is 2.15. The highest BCUT2D eigenvalue weighted by Crippen LogP contribution is 2.25. The van der Waals surface area contributed by atoms with Crippen LogP contribution in [-0.4, -0.2) is 27.0 Å². The van der Waals surface area contributed by atoms with Gasteiger partial charge in [0.25, 0.3) is 5.56 Å². The standard InChI is InChI=1S/C13H10FN3O6/c14-8-7-16(13(20)15-12(8)19)11(18)5-6-23-10-4-2-1-3-9(10)17(21)22/h1-4,7H,5-6H2,(H,15,19,20). The van der Waals surface area contributed by atoms with Crippen molar-refractivity contribution < 1.29 is 18.8 Å². The summed E-state index contributed by atoms with van der Waals surface area (Å²) in [7, 11) is 0. The highest BCUT2D eigenvalue weighted by atomic mass is 19.1. The Labute approximate surface area is 127 Å². The highest BCUT2D eigenvalue weighted by molar-refractivity contribution is 5.78. The Morgan fingerprint density at radius 1 is 1.35 bits per heavy atom. The van der Waals surface area contributed by atoms with Crippen LogP contribution in [0.4, 0.5) is 10.1 Å². The number of hydrogen-bond acceptors (Lipinski definition) is 6. The molecule has 0 aliphatic heterocycles. The van der Waals surface area contributed by atoms with Gasteiger partial charge < -0.3 is 4.74 Å². The maximum atomic E-state index is 13.1. The topological polar surface area (TPSA) is 124 Å². The van der Waals surface area contributed by atoms with Crippen molar-refractivity contribution in [3.63, 3.8) is 0 Å². The molecule has 0 aliphatic rings. The van der Waals surface area contributed by atoms with E-state index in [2.05, 4.69) is 0 Å². The number of para-hydroxylation sites is 2. The molecule has 23 heavy (non-hydrogen) atoms. The molecule has 0 spiro atoms. The summed E-state index contributed by atoms with van der Waals surface area (Å²) in [5.41, 5.74) is -2.57. The van der Waals surface area contributed by atoms with Crippen molar-refractivity contribution >= 4 is 11.6 Å². The minimum atomic E-state index is -1.28. The van der Waals surface area contributed by atoms with Crippen LogP contribution in [0.1, 0.15) is 11.2 Å². The second-order valence-electron chi connectivity index (χ2n) is 4.32. The fourth-order valence-electron chi connectivity index (χ4n) is 1.73. The second kappa shape index (κ2) is 6.64. The van der Waals surface area contributed by atoms with E-state index in [0.29, 0.717) is 10.8 Å². The SMILES string of the molecule is O=C(CCOc1ccccc1[N+](=O)[O-])n1cc(F)c(=O)[nH]c1=O. The molecule has 0 unspecified atom stereocenters. The van der Waals surface area contributed by atoms with Gasteiger partial charge in [0, 0.05) is 6.07 Å². The molecule has 0 radical (unpaired) electrons. The van der Waals surface area contributed by atoms with E-state index in [1.54, 1.807) is 4.98 Å². The molecule has 0 atom stereocenters. The normalized spacial score (nSPS) is 10.3. The number of rotatable bonds is 5. The van der Waals surface area contributed by atoms with Gasteiger partial charge in [0.1, 0.15) is 0 Å². The van der Waals surface area contributed by atoms with Crippen LogP contribution < -0.4 is 16.0 Å². The number of aromatic amines is 1. The molecular formula is C13H10FN3O6. The number of aromatic nitrogens is 2. The van der Waals surface area contributed by atoms with Gasteiger partial charge in [-0.25, -0.2) is 9.36 Å². The van der Waals surface area contributed by atoms with Crippen molar-refractivity contribution in [2.75, 3.05) is 6.61 Å². The summed E-state index contributed by atoms with van der Waals surface area (Å²) in [4.78, 5) is 45.9. The zero-order chi connectivity index (χ0) is 17.0. The first-order chi connectivity index (χ1) is 10.9. The van der Waals surface area contributed by atoms with Crippen LogP contribution in [0.3, 0.4) is 0 Å². The van der Waals surface area contributed by atoms with Gasteiger partial charge in [0.05, 0.1) is 24.1 Å². The molecule has 2 rings (SSSR count). The number of nitro benzene ring substituents is 1. The van der Waals surface area contributed by atoms with E-state index in [4.69, 9.17) is 4.74 Å². The van der Waals surface area contributed by atoms with Crippen LogP contribution >= 0.6 is 0 Å². The molecule has 1 aromatic carbocycles. The molecule has 0 saturated carbocycles. The fraction of sp³-hybridized carbons (Fsp3) is 0.154. The molecule has 1 heterocycles. The minimum absolute atomic E-state index is 0.0368. The predicted molar refractivity (Wildman–Crippen MR) is 75.1 cm³/mol. The molecule has 1 aromatic heterocycles. The molecule has 10 heteroatoms. The van der Waals surface area contributed by atoms with Gasteiger partial charge in [-0.1, -0.05) is 12.1 Å². The quantitative estimate of drug-likeness (QED) is 0.637. The van der Waals surface area contributed by atoms with Gasteiger partial charge in [-0.05, 0) is 6.07 Å². The second-order valence-corrected chi connectivity index (χ2v) is 4.32. The van der Waals surface area contributed by atoms with Gasteiger partial charge in [-0.3, -0.25) is 24.7 Å². The van der Waals surface area contributed by atoms with Crippen molar-refractivity contribution in [3.8, 4) is 5.75 Å². The Morgan fingerprint density at radius 2 is 2.04 bits per heavy atom. The van der Waals surface area contributed by atoms with Gasteiger partial charge in [-0.15, -0.1) is 0 Å². The molecular weight excluding hydrogens is 313 g/mol. The van der Waals surface area contributed by atoms with Crippen molar-refractivity contribution in [1.29, 1.82) is 0 Å². The lowest BCUT2D eigenvalue weighted by atomic mass is 10.3. The Bertz CT molecular complexity index is 872. The Kier molecular flexibility index (Phi) is 4.64. The van der Waals surface area contributed by atoms with Crippen LogP contribution in [0.15, 0.2) is 40.1 Å². The monoisotopic (exact) mass is 323 g/mol. The van der Waals surface area contributed by atoms with Gasteiger partial charge in [0.15, 0.2) is 5.75 Å². The first-order valence-corrected chi connectivity index (χ1v) is 6.31. The van der Waals surface area contributed by atoms with E-state index in [-0.39, 0.29) is 24.5 Å². The molecule has 0 bridgehead atoms. The lowest BCUT2D eigenvalue weighted by Gasteiger charge is -2.07.